The lowest BCUT2D eigenvalue weighted by atomic mass is 10.2. The number of rotatable bonds is 5. The van der Waals surface area contributed by atoms with Gasteiger partial charge in [0, 0.05) is 55.6 Å². The van der Waals surface area contributed by atoms with Crippen molar-refractivity contribution in [1.82, 2.24) is 24.2 Å². The first kappa shape index (κ1) is 25.2. The number of carbonyl (C=O) groups is 2. The Labute approximate surface area is 214 Å². The zero-order chi connectivity index (χ0) is 26.2. The number of hydrogen-bond donors (Lipinski definition) is 1. The molecule has 0 radical (unpaired) electrons. The Morgan fingerprint density at radius 3 is 2.53 bits per heavy atom. The summed E-state index contributed by atoms with van der Waals surface area (Å²) in [6.07, 6.45) is 4.70. The smallest absolute Gasteiger partial charge is 0.419 e. The van der Waals surface area contributed by atoms with Crippen LogP contribution in [0.1, 0.15) is 38.1 Å². The second-order valence-electron chi connectivity index (χ2n) is 9.52. The van der Waals surface area contributed by atoms with Crippen LogP contribution in [0.15, 0.2) is 48.9 Å². The summed E-state index contributed by atoms with van der Waals surface area (Å²) in [7, 11) is 3.55. The van der Waals surface area contributed by atoms with Gasteiger partial charge in [-0.3, -0.25) is 9.48 Å². The average Bonchev–Trinajstić information content (AvgIpc) is 3.41. The summed E-state index contributed by atoms with van der Waals surface area (Å²) in [5.74, 6) is 0.374. The van der Waals surface area contributed by atoms with Crippen LogP contribution in [0.5, 0.6) is 0 Å². The molecule has 188 valence electrons. The summed E-state index contributed by atoms with van der Waals surface area (Å²) >= 11 is 6.48. The fourth-order valence-electron chi connectivity index (χ4n) is 3.69. The van der Waals surface area contributed by atoms with Crippen LogP contribution in [0.3, 0.4) is 0 Å². The molecule has 1 amide bonds. The van der Waals surface area contributed by atoms with Crippen LogP contribution < -0.4 is 5.32 Å². The van der Waals surface area contributed by atoms with E-state index in [1.54, 1.807) is 53.3 Å². The number of fused-ring (bicyclic) bond motifs is 1. The van der Waals surface area contributed by atoms with Crippen LogP contribution in [0.2, 0.25) is 5.02 Å². The van der Waals surface area contributed by atoms with E-state index < -0.39 is 11.7 Å². The molecular formula is C26H29ClN6O3. The minimum absolute atomic E-state index is 0.108. The van der Waals surface area contributed by atoms with Crippen molar-refractivity contribution in [2.75, 3.05) is 18.9 Å². The SMILES string of the molecule is CCN(C)C(=O)c1ccc(Nc2cc3c(cn2)cc(-c2cnn(C)c2)n3C(=O)OC(C)(C)C)c(Cl)c1. The lowest BCUT2D eigenvalue weighted by Gasteiger charge is -2.21. The number of halogens is 1. The summed E-state index contributed by atoms with van der Waals surface area (Å²) in [4.78, 5) is 31.8. The minimum Gasteiger partial charge on any atom is -0.443 e. The Kier molecular flexibility index (Phi) is 6.77. The van der Waals surface area contributed by atoms with Gasteiger partial charge in [-0.15, -0.1) is 0 Å². The molecule has 0 atom stereocenters. The number of aromatic nitrogens is 4. The van der Waals surface area contributed by atoms with Crippen molar-refractivity contribution in [2.45, 2.75) is 33.3 Å². The van der Waals surface area contributed by atoms with Crippen molar-refractivity contribution in [2.24, 2.45) is 7.05 Å². The van der Waals surface area contributed by atoms with Crippen molar-refractivity contribution in [3.05, 3.63) is 59.5 Å². The van der Waals surface area contributed by atoms with Gasteiger partial charge >= 0.3 is 6.09 Å². The number of aryl methyl sites for hydroxylation is 1. The van der Waals surface area contributed by atoms with E-state index in [1.807, 2.05) is 47.0 Å². The second-order valence-corrected chi connectivity index (χ2v) is 9.92. The molecule has 0 aliphatic rings. The molecule has 0 unspecified atom stereocenters. The van der Waals surface area contributed by atoms with Gasteiger partial charge in [0.15, 0.2) is 0 Å². The summed E-state index contributed by atoms with van der Waals surface area (Å²) in [5, 5.41) is 8.57. The molecule has 3 aromatic heterocycles. The van der Waals surface area contributed by atoms with Crippen LogP contribution >= 0.6 is 11.6 Å². The third kappa shape index (κ3) is 5.21. The molecule has 4 aromatic rings. The largest absolute Gasteiger partial charge is 0.443 e. The van der Waals surface area contributed by atoms with Gasteiger partial charge < -0.3 is 15.0 Å². The molecular weight excluding hydrogens is 480 g/mol. The van der Waals surface area contributed by atoms with E-state index in [0.717, 1.165) is 10.9 Å². The number of benzene rings is 1. The van der Waals surface area contributed by atoms with Crippen molar-refractivity contribution >= 4 is 46.0 Å². The van der Waals surface area contributed by atoms with Gasteiger partial charge in [0.05, 0.1) is 28.1 Å². The van der Waals surface area contributed by atoms with E-state index in [2.05, 4.69) is 15.4 Å². The first-order valence-corrected chi connectivity index (χ1v) is 11.9. The fraction of sp³-hybridized carbons (Fsp3) is 0.308. The van der Waals surface area contributed by atoms with Crippen molar-refractivity contribution in [3.63, 3.8) is 0 Å². The van der Waals surface area contributed by atoms with E-state index in [-0.39, 0.29) is 5.91 Å². The highest BCUT2D eigenvalue weighted by Crippen LogP contribution is 2.32. The van der Waals surface area contributed by atoms with Gasteiger partial charge in [0.25, 0.3) is 5.91 Å². The molecule has 1 aromatic carbocycles. The standard InChI is InChI=1S/C26H29ClN6O3/c1-7-31(5)24(34)16-8-9-20(19(27)10-16)30-23-12-22-17(13-28-23)11-21(18-14-29-32(6)15-18)33(22)25(35)36-26(2,3)4/h8-15H,7H2,1-6H3,(H,28,30). The predicted molar refractivity (Wildman–Crippen MR) is 141 cm³/mol. The molecule has 9 nitrogen and oxygen atoms in total. The average molecular weight is 509 g/mol. The molecule has 0 aliphatic heterocycles. The highest BCUT2D eigenvalue weighted by Gasteiger charge is 2.24. The zero-order valence-electron chi connectivity index (χ0n) is 21.2. The van der Waals surface area contributed by atoms with E-state index in [1.165, 1.54) is 4.57 Å². The van der Waals surface area contributed by atoms with Crippen LogP contribution in [0.4, 0.5) is 16.3 Å². The van der Waals surface area contributed by atoms with Gasteiger partial charge in [0.1, 0.15) is 11.4 Å². The Bertz CT molecular complexity index is 1450. The quantitative estimate of drug-likeness (QED) is 0.371. The number of nitrogens with one attached hydrogen (secondary N) is 1. The van der Waals surface area contributed by atoms with E-state index in [4.69, 9.17) is 16.3 Å². The number of anilines is 2. The molecule has 0 fully saturated rings. The molecule has 36 heavy (non-hydrogen) atoms. The third-order valence-corrected chi connectivity index (χ3v) is 5.88. The summed E-state index contributed by atoms with van der Waals surface area (Å²) < 4.78 is 8.89. The Morgan fingerprint density at radius 1 is 1.17 bits per heavy atom. The van der Waals surface area contributed by atoms with Crippen LogP contribution in [0, 0.1) is 0 Å². The highest BCUT2D eigenvalue weighted by atomic mass is 35.5. The molecule has 3 heterocycles. The number of amides is 1. The maximum atomic E-state index is 13.3. The molecule has 10 heteroatoms. The number of hydrogen-bond acceptors (Lipinski definition) is 6. The molecule has 0 bridgehead atoms. The lowest BCUT2D eigenvalue weighted by Crippen LogP contribution is -2.27. The molecule has 4 rings (SSSR count). The first-order valence-electron chi connectivity index (χ1n) is 11.5. The zero-order valence-corrected chi connectivity index (χ0v) is 21.9. The van der Waals surface area contributed by atoms with Gasteiger partial charge in [-0.25, -0.2) is 14.3 Å². The first-order chi connectivity index (χ1) is 17.0. The van der Waals surface area contributed by atoms with E-state index >= 15 is 0 Å². The normalized spacial score (nSPS) is 11.5. The lowest BCUT2D eigenvalue weighted by molar-refractivity contribution is 0.0547. The minimum atomic E-state index is -0.674. The number of carbonyl (C=O) groups excluding carboxylic acids is 2. The maximum absolute atomic E-state index is 13.3. The monoisotopic (exact) mass is 508 g/mol. The van der Waals surface area contributed by atoms with Gasteiger partial charge in [-0.1, -0.05) is 11.6 Å². The molecule has 0 spiro atoms. The Balaban J connectivity index is 1.74. The van der Waals surface area contributed by atoms with Crippen LogP contribution in [-0.4, -0.2) is 55.4 Å². The van der Waals surface area contributed by atoms with Crippen LogP contribution in [0.25, 0.3) is 22.2 Å². The topological polar surface area (TPSA) is 94.3 Å². The third-order valence-electron chi connectivity index (χ3n) is 5.56. The van der Waals surface area contributed by atoms with Crippen molar-refractivity contribution in [3.8, 4) is 11.3 Å². The molecule has 1 N–H and O–H groups in total. The molecule has 0 saturated heterocycles. The summed E-state index contributed by atoms with van der Waals surface area (Å²) in [6, 6.07) is 8.72. The Morgan fingerprint density at radius 2 is 1.92 bits per heavy atom. The van der Waals surface area contributed by atoms with Crippen molar-refractivity contribution in [1.29, 1.82) is 0 Å². The van der Waals surface area contributed by atoms with Gasteiger partial charge in [0.2, 0.25) is 0 Å². The van der Waals surface area contributed by atoms with E-state index in [9.17, 15) is 9.59 Å². The highest BCUT2D eigenvalue weighted by molar-refractivity contribution is 6.33. The summed E-state index contributed by atoms with van der Waals surface area (Å²) in [6.45, 7) is 7.97. The maximum Gasteiger partial charge on any atom is 0.419 e. The van der Waals surface area contributed by atoms with Gasteiger partial charge in [-0.05, 0) is 52.0 Å². The number of pyridine rings is 1. The molecule has 0 saturated carbocycles. The van der Waals surface area contributed by atoms with Gasteiger partial charge in [-0.2, -0.15) is 5.10 Å². The summed E-state index contributed by atoms with van der Waals surface area (Å²) in [5.41, 5.74) is 2.45. The number of ether oxygens (including phenoxy) is 1. The molecule has 0 aliphatic carbocycles. The van der Waals surface area contributed by atoms with Crippen LogP contribution in [-0.2, 0) is 11.8 Å². The second kappa shape index (κ2) is 9.66. The predicted octanol–water partition coefficient (Wildman–Crippen LogP) is 5.71. The number of nitrogens with zero attached hydrogens (tertiary/aromatic N) is 5. The fourth-order valence-corrected chi connectivity index (χ4v) is 3.92. The van der Waals surface area contributed by atoms with Crippen molar-refractivity contribution < 1.29 is 14.3 Å². The Hall–Kier alpha value is -3.85. The van der Waals surface area contributed by atoms with E-state index in [0.29, 0.717) is 39.8 Å².